The smallest absolute Gasteiger partial charge is 0.350 e. The quantitative estimate of drug-likeness (QED) is 0.284. The molecular formula is C23H25N7O4. The lowest BCUT2D eigenvalue weighted by atomic mass is 10.1. The summed E-state index contributed by atoms with van der Waals surface area (Å²) in [6, 6.07) is 9.27. The molecule has 1 aliphatic heterocycles. The lowest BCUT2D eigenvalue weighted by molar-refractivity contribution is -0.222. The van der Waals surface area contributed by atoms with Gasteiger partial charge in [-0.05, 0) is 31.5 Å². The van der Waals surface area contributed by atoms with Crippen molar-refractivity contribution in [1.82, 2.24) is 19.7 Å². The molecule has 0 bridgehead atoms. The second-order valence-electron chi connectivity index (χ2n) is 8.13. The summed E-state index contributed by atoms with van der Waals surface area (Å²) in [5, 5.41) is 13.9. The van der Waals surface area contributed by atoms with E-state index in [1.165, 1.54) is 26.4 Å². The Labute approximate surface area is 196 Å². The van der Waals surface area contributed by atoms with Crippen LogP contribution in [-0.2, 0) is 19.1 Å². The van der Waals surface area contributed by atoms with Crippen LogP contribution < -0.4 is 16.0 Å². The molecule has 1 aliphatic rings. The molecule has 176 valence electrons. The highest BCUT2D eigenvalue weighted by molar-refractivity contribution is 6.15. The van der Waals surface area contributed by atoms with Gasteiger partial charge in [-0.3, -0.25) is 0 Å². The Morgan fingerprint density at radius 1 is 1.03 bits per heavy atom. The Kier molecular flexibility index (Phi) is 5.93. The van der Waals surface area contributed by atoms with E-state index < -0.39 is 17.7 Å². The average molecular weight is 463 g/mol. The number of aryl methyl sites for hydroxylation is 2. The summed E-state index contributed by atoms with van der Waals surface area (Å²) >= 11 is 0. The van der Waals surface area contributed by atoms with Gasteiger partial charge in [-0.25, -0.2) is 19.6 Å². The van der Waals surface area contributed by atoms with E-state index in [0.29, 0.717) is 23.1 Å². The van der Waals surface area contributed by atoms with Gasteiger partial charge in [0.2, 0.25) is 0 Å². The van der Waals surface area contributed by atoms with Gasteiger partial charge in [0, 0.05) is 50.6 Å². The van der Waals surface area contributed by atoms with Crippen LogP contribution >= 0.6 is 0 Å². The minimum atomic E-state index is -1.29. The van der Waals surface area contributed by atoms with Gasteiger partial charge in [0.15, 0.2) is 11.4 Å². The number of aromatic nitrogens is 4. The summed E-state index contributed by atoms with van der Waals surface area (Å²) in [5.74, 6) is -0.802. The minimum absolute atomic E-state index is 0.216. The van der Waals surface area contributed by atoms with Crippen molar-refractivity contribution in [3.8, 4) is 5.82 Å². The van der Waals surface area contributed by atoms with Gasteiger partial charge < -0.3 is 25.4 Å². The third-order valence-electron chi connectivity index (χ3n) is 4.96. The molecule has 34 heavy (non-hydrogen) atoms. The molecule has 11 heteroatoms. The van der Waals surface area contributed by atoms with Crippen LogP contribution in [0.3, 0.4) is 0 Å². The molecule has 1 aromatic carbocycles. The summed E-state index contributed by atoms with van der Waals surface area (Å²) < 4.78 is 11.9. The Hall–Kier alpha value is -4.41. The zero-order chi connectivity index (χ0) is 24.5. The molecule has 1 saturated heterocycles. The summed E-state index contributed by atoms with van der Waals surface area (Å²) in [7, 11) is 1.78. The van der Waals surface area contributed by atoms with Crippen LogP contribution in [0.25, 0.3) is 5.82 Å². The van der Waals surface area contributed by atoms with E-state index in [1.54, 1.807) is 17.8 Å². The predicted octanol–water partition coefficient (Wildman–Crippen LogP) is 3.20. The number of rotatable bonds is 6. The lowest BCUT2D eigenvalue weighted by Gasteiger charge is -2.29. The highest BCUT2D eigenvalue weighted by atomic mass is 16.7. The fourth-order valence-corrected chi connectivity index (χ4v) is 3.28. The SMILES string of the molecule is CNc1cc(-n2nc(C)cc2Nc2cc(NC=C3C(=O)OC(C)(C)OC3=O)ccc2C)ncn1. The number of benzene rings is 1. The molecule has 0 aliphatic carbocycles. The predicted molar refractivity (Wildman–Crippen MR) is 126 cm³/mol. The van der Waals surface area contributed by atoms with Gasteiger partial charge in [-0.15, -0.1) is 0 Å². The van der Waals surface area contributed by atoms with Crippen LogP contribution in [0.1, 0.15) is 25.1 Å². The second kappa shape index (κ2) is 8.85. The van der Waals surface area contributed by atoms with Crippen LogP contribution in [0.4, 0.5) is 23.0 Å². The van der Waals surface area contributed by atoms with Crippen molar-refractivity contribution in [1.29, 1.82) is 0 Å². The molecule has 0 radical (unpaired) electrons. The zero-order valence-electron chi connectivity index (χ0n) is 19.5. The van der Waals surface area contributed by atoms with Crippen LogP contribution in [0.5, 0.6) is 0 Å². The topological polar surface area (TPSA) is 132 Å². The van der Waals surface area contributed by atoms with Gasteiger partial charge in [0.1, 0.15) is 18.0 Å². The van der Waals surface area contributed by atoms with Crippen molar-refractivity contribution >= 4 is 34.9 Å². The highest BCUT2D eigenvalue weighted by Crippen LogP contribution is 2.27. The first-order valence-corrected chi connectivity index (χ1v) is 10.5. The van der Waals surface area contributed by atoms with Gasteiger partial charge in [-0.2, -0.15) is 9.78 Å². The molecule has 0 spiro atoms. The van der Waals surface area contributed by atoms with E-state index in [-0.39, 0.29) is 5.57 Å². The highest BCUT2D eigenvalue weighted by Gasteiger charge is 2.38. The summed E-state index contributed by atoms with van der Waals surface area (Å²) in [6.45, 7) is 6.85. The molecule has 4 rings (SSSR count). The molecule has 0 unspecified atom stereocenters. The first-order valence-electron chi connectivity index (χ1n) is 10.5. The van der Waals surface area contributed by atoms with E-state index in [4.69, 9.17) is 9.47 Å². The van der Waals surface area contributed by atoms with Crippen LogP contribution in [0.15, 0.2) is 48.4 Å². The molecular weight excluding hydrogens is 438 g/mol. The summed E-state index contributed by atoms with van der Waals surface area (Å²) in [4.78, 5) is 32.8. The Balaban J connectivity index is 1.58. The van der Waals surface area contributed by atoms with E-state index in [2.05, 4.69) is 31.0 Å². The maximum Gasteiger partial charge on any atom is 0.350 e. The fraction of sp³-hybridized carbons (Fsp3) is 0.261. The van der Waals surface area contributed by atoms with Gasteiger partial charge >= 0.3 is 11.9 Å². The summed E-state index contributed by atoms with van der Waals surface area (Å²) in [5.41, 5.74) is 3.00. The number of ether oxygens (including phenoxy) is 2. The van der Waals surface area contributed by atoms with Crippen molar-refractivity contribution in [2.45, 2.75) is 33.5 Å². The lowest BCUT2D eigenvalue weighted by Crippen LogP contribution is -2.42. The van der Waals surface area contributed by atoms with Crippen molar-refractivity contribution < 1.29 is 19.1 Å². The van der Waals surface area contributed by atoms with Crippen LogP contribution in [0, 0.1) is 13.8 Å². The number of cyclic esters (lactones) is 2. The van der Waals surface area contributed by atoms with E-state index in [1.807, 2.05) is 38.1 Å². The number of carbonyl (C=O) groups is 2. The Morgan fingerprint density at radius 2 is 1.76 bits per heavy atom. The third kappa shape index (κ3) is 4.82. The molecule has 2 aromatic heterocycles. The van der Waals surface area contributed by atoms with Crippen LogP contribution in [-0.4, -0.2) is 44.5 Å². The maximum absolute atomic E-state index is 12.2. The molecule has 3 heterocycles. The first kappa shape index (κ1) is 22.8. The molecule has 1 fully saturated rings. The Morgan fingerprint density at radius 3 is 2.47 bits per heavy atom. The van der Waals surface area contributed by atoms with Gasteiger partial charge in [0.25, 0.3) is 5.79 Å². The van der Waals surface area contributed by atoms with Crippen molar-refractivity contribution in [2.24, 2.45) is 0 Å². The average Bonchev–Trinajstić information content (AvgIpc) is 3.14. The summed E-state index contributed by atoms with van der Waals surface area (Å²) in [6.07, 6.45) is 2.75. The number of nitrogens with one attached hydrogen (secondary N) is 3. The molecule has 11 nitrogen and oxygen atoms in total. The van der Waals surface area contributed by atoms with Gasteiger partial charge in [-0.1, -0.05) is 6.07 Å². The number of hydrogen-bond donors (Lipinski definition) is 3. The first-order chi connectivity index (χ1) is 16.1. The number of anilines is 4. The van der Waals surface area contributed by atoms with Gasteiger partial charge in [0.05, 0.1) is 5.69 Å². The third-order valence-corrected chi connectivity index (χ3v) is 4.96. The standard InChI is InChI=1S/C23H25N7O4/c1-13-6-7-15(25-11-16-21(31)33-23(3,4)34-22(16)32)9-17(13)28-20-8-14(2)29-30(20)19-10-18(24-5)26-12-27-19/h6-12,25,28H,1-5H3,(H,24,26,27). The minimum Gasteiger partial charge on any atom is -0.419 e. The molecule has 0 saturated carbocycles. The van der Waals surface area contributed by atoms with E-state index >= 15 is 0 Å². The van der Waals surface area contributed by atoms with Crippen molar-refractivity contribution in [3.63, 3.8) is 0 Å². The second-order valence-corrected chi connectivity index (χ2v) is 8.13. The van der Waals surface area contributed by atoms with Crippen molar-refractivity contribution in [3.05, 3.63) is 59.7 Å². The van der Waals surface area contributed by atoms with E-state index in [9.17, 15) is 9.59 Å². The largest absolute Gasteiger partial charge is 0.419 e. The molecule has 3 aromatic rings. The molecule has 3 N–H and O–H groups in total. The number of hydrogen-bond acceptors (Lipinski definition) is 10. The fourth-order valence-electron chi connectivity index (χ4n) is 3.28. The zero-order valence-corrected chi connectivity index (χ0v) is 19.5. The van der Waals surface area contributed by atoms with E-state index in [0.717, 1.165) is 16.9 Å². The van der Waals surface area contributed by atoms with Crippen LogP contribution in [0.2, 0.25) is 0 Å². The molecule has 0 atom stereocenters. The number of carbonyl (C=O) groups excluding carboxylic acids is 2. The number of nitrogens with zero attached hydrogens (tertiary/aromatic N) is 4. The molecule has 0 amide bonds. The maximum atomic E-state index is 12.2. The monoisotopic (exact) mass is 463 g/mol. The normalized spacial score (nSPS) is 14.8. The van der Waals surface area contributed by atoms with Crippen molar-refractivity contribution in [2.75, 3.05) is 23.0 Å². The Bertz CT molecular complexity index is 1270. The number of esters is 2.